The molecule has 3 nitrogen and oxygen atoms in total. The average Bonchev–Trinajstić information content (AvgIpc) is 2.50. The molecular formula is C9H20N2O. The molecule has 0 spiro atoms. The topological polar surface area (TPSA) is 38.5 Å². The zero-order valence-electron chi connectivity index (χ0n) is 7.96. The van der Waals surface area contributed by atoms with Crippen LogP contribution in [0.2, 0.25) is 0 Å². The molecule has 1 rings (SSSR count). The van der Waals surface area contributed by atoms with Crippen molar-refractivity contribution in [2.45, 2.75) is 25.8 Å². The number of ether oxygens (including phenoxy) is 1. The Morgan fingerprint density at radius 3 is 3.08 bits per heavy atom. The van der Waals surface area contributed by atoms with Crippen LogP contribution >= 0.6 is 0 Å². The molecule has 1 fully saturated rings. The zero-order valence-corrected chi connectivity index (χ0v) is 7.96. The van der Waals surface area contributed by atoms with Crippen LogP contribution < -0.4 is 5.73 Å². The lowest BCUT2D eigenvalue weighted by Crippen LogP contribution is -2.36. The molecule has 0 aliphatic carbocycles. The Hall–Kier alpha value is -0.120. The minimum absolute atomic E-state index is 0.633. The molecule has 0 aromatic heterocycles. The van der Waals surface area contributed by atoms with Crippen LogP contribution in [-0.2, 0) is 4.74 Å². The fraction of sp³-hybridized carbons (Fsp3) is 1.00. The van der Waals surface area contributed by atoms with Gasteiger partial charge in [-0.2, -0.15) is 0 Å². The summed E-state index contributed by atoms with van der Waals surface area (Å²) in [5.41, 5.74) is 5.52. The van der Waals surface area contributed by atoms with E-state index in [0.717, 1.165) is 26.3 Å². The number of hydrogen-bond donors (Lipinski definition) is 1. The maximum Gasteiger partial charge on any atom is 0.0621 e. The average molecular weight is 172 g/mol. The highest BCUT2D eigenvalue weighted by Gasteiger charge is 2.23. The lowest BCUT2D eigenvalue weighted by atomic mass is 10.2. The first-order valence-corrected chi connectivity index (χ1v) is 4.90. The van der Waals surface area contributed by atoms with Crippen LogP contribution in [0.15, 0.2) is 0 Å². The highest BCUT2D eigenvalue weighted by Crippen LogP contribution is 2.16. The van der Waals surface area contributed by atoms with Gasteiger partial charge < -0.3 is 10.5 Å². The Kier molecular flexibility index (Phi) is 4.58. The van der Waals surface area contributed by atoms with E-state index in [1.807, 2.05) is 6.92 Å². The summed E-state index contributed by atoms with van der Waals surface area (Å²) in [5, 5.41) is 0. The smallest absolute Gasteiger partial charge is 0.0621 e. The summed E-state index contributed by atoms with van der Waals surface area (Å²) in [6, 6.07) is 0.633. The first-order valence-electron chi connectivity index (χ1n) is 4.90. The number of rotatable bonds is 5. The van der Waals surface area contributed by atoms with Crippen LogP contribution in [0.4, 0.5) is 0 Å². The fourth-order valence-electron chi connectivity index (χ4n) is 1.80. The van der Waals surface area contributed by atoms with Crippen LogP contribution in [-0.4, -0.2) is 43.8 Å². The van der Waals surface area contributed by atoms with E-state index in [9.17, 15) is 0 Å². The summed E-state index contributed by atoms with van der Waals surface area (Å²) >= 11 is 0. The van der Waals surface area contributed by atoms with E-state index in [0.29, 0.717) is 6.04 Å². The van der Waals surface area contributed by atoms with Gasteiger partial charge in [0.15, 0.2) is 0 Å². The third-order valence-electron chi connectivity index (χ3n) is 2.43. The molecule has 0 unspecified atom stereocenters. The molecule has 0 bridgehead atoms. The molecule has 0 amide bonds. The van der Waals surface area contributed by atoms with Crippen molar-refractivity contribution >= 4 is 0 Å². The maximum absolute atomic E-state index is 5.52. The summed E-state index contributed by atoms with van der Waals surface area (Å²) < 4.78 is 5.41. The van der Waals surface area contributed by atoms with Crippen LogP contribution in [0.1, 0.15) is 19.8 Å². The molecule has 1 aliphatic heterocycles. The molecule has 0 radical (unpaired) electrons. The molecule has 72 valence electrons. The summed E-state index contributed by atoms with van der Waals surface area (Å²) in [6.45, 7) is 6.75. The third kappa shape index (κ3) is 2.73. The maximum atomic E-state index is 5.52. The Morgan fingerprint density at radius 2 is 2.42 bits per heavy atom. The van der Waals surface area contributed by atoms with Crippen molar-refractivity contribution < 1.29 is 4.74 Å². The molecule has 0 saturated carbocycles. The summed E-state index contributed by atoms with van der Waals surface area (Å²) in [7, 11) is 0. The molecule has 1 saturated heterocycles. The standard InChI is InChI=1S/C9H20N2O/c1-2-12-8-9-4-3-6-11(9)7-5-10/h9H,2-8,10H2,1H3/t9-/m0/s1. The van der Waals surface area contributed by atoms with Crippen molar-refractivity contribution in [2.24, 2.45) is 5.73 Å². The van der Waals surface area contributed by atoms with Crippen LogP contribution in [0.3, 0.4) is 0 Å². The lowest BCUT2D eigenvalue weighted by Gasteiger charge is -2.23. The predicted octanol–water partition coefficient (Wildman–Crippen LogP) is 0.446. The second kappa shape index (κ2) is 5.51. The van der Waals surface area contributed by atoms with Gasteiger partial charge in [-0.1, -0.05) is 0 Å². The minimum atomic E-state index is 0.633. The summed E-state index contributed by atoms with van der Waals surface area (Å²) in [4.78, 5) is 2.44. The van der Waals surface area contributed by atoms with Gasteiger partial charge in [0, 0.05) is 25.7 Å². The molecule has 3 heteroatoms. The number of likely N-dealkylation sites (tertiary alicyclic amines) is 1. The van der Waals surface area contributed by atoms with Gasteiger partial charge in [0.1, 0.15) is 0 Å². The quantitative estimate of drug-likeness (QED) is 0.654. The SMILES string of the molecule is CCOC[C@@H]1CCCN1CCN. The minimum Gasteiger partial charge on any atom is -0.380 e. The van der Waals surface area contributed by atoms with Crippen LogP contribution in [0, 0.1) is 0 Å². The highest BCUT2D eigenvalue weighted by atomic mass is 16.5. The van der Waals surface area contributed by atoms with Gasteiger partial charge in [-0.25, -0.2) is 0 Å². The molecule has 1 heterocycles. The lowest BCUT2D eigenvalue weighted by molar-refractivity contribution is 0.0865. The number of nitrogens with two attached hydrogens (primary N) is 1. The van der Waals surface area contributed by atoms with Crippen molar-refractivity contribution in [3.05, 3.63) is 0 Å². The Labute approximate surface area is 74.9 Å². The Bertz CT molecular complexity index is 119. The van der Waals surface area contributed by atoms with Crippen LogP contribution in [0.25, 0.3) is 0 Å². The van der Waals surface area contributed by atoms with E-state index < -0.39 is 0 Å². The van der Waals surface area contributed by atoms with Gasteiger partial charge in [-0.05, 0) is 26.3 Å². The van der Waals surface area contributed by atoms with Crippen LogP contribution in [0.5, 0.6) is 0 Å². The Morgan fingerprint density at radius 1 is 1.58 bits per heavy atom. The molecule has 1 atom stereocenters. The van der Waals surface area contributed by atoms with Crippen molar-refractivity contribution in [1.82, 2.24) is 4.90 Å². The van der Waals surface area contributed by atoms with Crippen molar-refractivity contribution in [1.29, 1.82) is 0 Å². The van der Waals surface area contributed by atoms with Crippen molar-refractivity contribution in [3.63, 3.8) is 0 Å². The number of nitrogens with zero attached hydrogens (tertiary/aromatic N) is 1. The zero-order chi connectivity index (χ0) is 8.81. The largest absolute Gasteiger partial charge is 0.380 e. The first-order chi connectivity index (χ1) is 5.88. The van der Waals surface area contributed by atoms with E-state index in [4.69, 9.17) is 10.5 Å². The first kappa shape index (κ1) is 9.96. The van der Waals surface area contributed by atoms with Gasteiger partial charge in [0.05, 0.1) is 6.61 Å². The van der Waals surface area contributed by atoms with Gasteiger partial charge in [-0.3, -0.25) is 4.90 Å². The van der Waals surface area contributed by atoms with E-state index in [2.05, 4.69) is 4.90 Å². The summed E-state index contributed by atoms with van der Waals surface area (Å²) in [6.07, 6.45) is 2.58. The molecule has 0 aromatic carbocycles. The fourth-order valence-corrected chi connectivity index (χ4v) is 1.80. The van der Waals surface area contributed by atoms with E-state index in [1.165, 1.54) is 19.4 Å². The molecular weight excluding hydrogens is 152 g/mol. The van der Waals surface area contributed by atoms with Gasteiger partial charge in [0.2, 0.25) is 0 Å². The van der Waals surface area contributed by atoms with Gasteiger partial charge in [0.25, 0.3) is 0 Å². The van der Waals surface area contributed by atoms with Crippen molar-refractivity contribution in [3.8, 4) is 0 Å². The predicted molar refractivity (Wildman–Crippen MR) is 50.1 cm³/mol. The molecule has 12 heavy (non-hydrogen) atoms. The second-order valence-electron chi connectivity index (χ2n) is 3.28. The summed E-state index contributed by atoms with van der Waals surface area (Å²) in [5.74, 6) is 0. The van der Waals surface area contributed by atoms with Gasteiger partial charge in [-0.15, -0.1) is 0 Å². The third-order valence-corrected chi connectivity index (χ3v) is 2.43. The molecule has 0 aromatic rings. The number of hydrogen-bond acceptors (Lipinski definition) is 3. The highest BCUT2D eigenvalue weighted by molar-refractivity contribution is 4.78. The molecule has 1 aliphatic rings. The van der Waals surface area contributed by atoms with E-state index >= 15 is 0 Å². The molecule has 2 N–H and O–H groups in total. The van der Waals surface area contributed by atoms with Gasteiger partial charge >= 0.3 is 0 Å². The second-order valence-corrected chi connectivity index (χ2v) is 3.28. The Balaban J connectivity index is 2.20. The monoisotopic (exact) mass is 172 g/mol. The normalized spacial score (nSPS) is 25.0. The van der Waals surface area contributed by atoms with E-state index in [-0.39, 0.29) is 0 Å². The van der Waals surface area contributed by atoms with Crippen molar-refractivity contribution in [2.75, 3.05) is 32.8 Å². The van der Waals surface area contributed by atoms with E-state index in [1.54, 1.807) is 0 Å².